The van der Waals surface area contributed by atoms with E-state index >= 15 is 0 Å². The highest BCUT2D eigenvalue weighted by molar-refractivity contribution is 6.09. The van der Waals surface area contributed by atoms with Crippen molar-refractivity contribution in [2.75, 3.05) is 18.5 Å². The van der Waals surface area contributed by atoms with Gasteiger partial charge >= 0.3 is 0 Å². The van der Waals surface area contributed by atoms with Gasteiger partial charge in [-0.2, -0.15) is 0 Å². The van der Waals surface area contributed by atoms with Gasteiger partial charge in [0.05, 0.1) is 24.5 Å². The summed E-state index contributed by atoms with van der Waals surface area (Å²) in [7, 11) is 0. The summed E-state index contributed by atoms with van der Waals surface area (Å²) in [5.74, 6) is 1.76. The number of ether oxygens (including phenoxy) is 3. The SMILES string of the molecule is CCOc1cc2c(cc1NC(=O)c1cc3ccccc3cc1OCC)OC(C)C2. The van der Waals surface area contributed by atoms with Crippen LogP contribution in [0.2, 0.25) is 0 Å². The van der Waals surface area contributed by atoms with E-state index in [1.165, 1.54) is 0 Å². The Labute approximate surface area is 170 Å². The van der Waals surface area contributed by atoms with Gasteiger partial charge in [-0.1, -0.05) is 24.3 Å². The predicted octanol–water partition coefficient (Wildman–Crippen LogP) is 5.21. The summed E-state index contributed by atoms with van der Waals surface area (Å²) >= 11 is 0. The minimum absolute atomic E-state index is 0.121. The molecule has 3 aromatic carbocycles. The highest BCUT2D eigenvalue weighted by Gasteiger charge is 2.23. The van der Waals surface area contributed by atoms with Crippen molar-refractivity contribution >= 4 is 22.4 Å². The van der Waals surface area contributed by atoms with Crippen LogP contribution in [0.4, 0.5) is 5.69 Å². The Bertz CT molecular complexity index is 1060. The Balaban J connectivity index is 1.71. The van der Waals surface area contributed by atoms with Crippen LogP contribution in [0.5, 0.6) is 17.2 Å². The van der Waals surface area contributed by atoms with Crippen LogP contribution in [0.3, 0.4) is 0 Å². The molecule has 5 heteroatoms. The number of amides is 1. The molecule has 0 radical (unpaired) electrons. The molecule has 0 spiro atoms. The summed E-state index contributed by atoms with van der Waals surface area (Å²) in [6.07, 6.45) is 0.957. The molecule has 1 amide bonds. The van der Waals surface area contributed by atoms with E-state index in [1.54, 1.807) is 0 Å². The molecule has 29 heavy (non-hydrogen) atoms. The maximum Gasteiger partial charge on any atom is 0.259 e. The first-order valence-corrected chi connectivity index (χ1v) is 10.0. The van der Waals surface area contributed by atoms with Crippen molar-refractivity contribution in [2.45, 2.75) is 33.3 Å². The second-order valence-electron chi connectivity index (χ2n) is 7.10. The molecule has 0 bridgehead atoms. The fourth-order valence-electron chi connectivity index (χ4n) is 3.67. The quantitative estimate of drug-likeness (QED) is 0.626. The number of rotatable bonds is 6. The molecule has 0 aliphatic carbocycles. The molecule has 1 unspecified atom stereocenters. The lowest BCUT2D eigenvalue weighted by Gasteiger charge is -2.15. The second kappa shape index (κ2) is 8.03. The van der Waals surface area contributed by atoms with Crippen LogP contribution in [0.1, 0.15) is 36.7 Å². The van der Waals surface area contributed by atoms with E-state index in [2.05, 4.69) is 5.32 Å². The number of fused-ring (bicyclic) bond motifs is 2. The molecular formula is C24H25NO4. The summed E-state index contributed by atoms with van der Waals surface area (Å²) in [5, 5.41) is 5.01. The van der Waals surface area contributed by atoms with Gasteiger partial charge < -0.3 is 19.5 Å². The predicted molar refractivity (Wildman–Crippen MR) is 114 cm³/mol. The Kier molecular flexibility index (Phi) is 5.30. The van der Waals surface area contributed by atoms with Gasteiger partial charge in [0.15, 0.2) is 0 Å². The van der Waals surface area contributed by atoms with Gasteiger partial charge in [0.1, 0.15) is 23.4 Å². The molecule has 150 valence electrons. The average Bonchev–Trinajstić information content (AvgIpc) is 3.07. The van der Waals surface area contributed by atoms with Gasteiger partial charge in [-0.3, -0.25) is 4.79 Å². The molecule has 0 saturated heterocycles. The monoisotopic (exact) mass is 391 g/mol. The van der Waals surface area contributed by atoms with E-state index in [1.807, 2.05) is 69.3 Å². The van der Waals surface area contributed by atoms with Crippen LogP contribution < -0.4 is 19.5 Å². The number of benzene rings is 3. The van der Waals surface area contributed by atoms with E-state index in [0.717, 1.165) is 28.5 Å². The van der Waals surface area contributed by atoms with Gasteiger partial charge in [-0.25, -0.2) is 0 Å². The Morgan fingerprint density at radius 1 is 1.03 bits per heavy atom. The first kappa shape index (κ1) is 19.1. The lowest BCUT2D eigenvalue weighted by molar-refractivity contribution is 0.102. The molecule has 1 aliphatic rings. The van der Waals surface area contributed by atoms with E-state index in [-0.39, 0.29) is 12.0 Å². The lowest BCUT2D eigenvalue weighted by Crippen LogP contribution is -2.15. The summed E-state index contributed by atoms with van der Waals surface area (Å²) in [4.78, 5) is 13.2. The first-order chi connectivity index (χ1) is 14.1. The Morgan fingerprint density at radius 2 is 1.72 bits per heavy atom. The lowest BCUT2D eigenvalue weighted by atomic mass is 10.0. The standard InChI is InChI=1S/C24H25NO4/c1-4-27-22-12-17-9-7-6-8-16(17)11-19(22)24(26)25-20-14-21-18(10-15(3)29-21)13-23(20)28-5-2/h6-9,11-15H,4-5,10H2,1-3H3,(H,25,26). The first-order valence-electron chi connectivity index (χ1n) is 10.0. The van der Waals surface area contributed by atoms with Gasteiger partial charge in [0, 0.05) is 18.1 Å². The Morgan fingerprint density at radius 3 is 2.45 bits per heavy atom. The molecule has 0 fully saturated rings. The van der Waals surface area contributed by atoms with Crippen LogP contribution in [0, 0.1) is 0 Å². The maximum atomic E-state index is 13.2. The fraction of sp³-hybridized carbons (Fsp3) is 0.292. The zero-order valence-electron chi connectivity index (χ0n) is 17.0. The van der Waals surface area contributed by atoms with Crippen molar-refractivity contribution in [3.8, 4) is 17.2 Å². The van der Waals surface area contributed by atoms with Crippen LogP contribution in [0.15, 0.2) is 48.5 Å². The summed E-state index contributed by atoms with van der Waals surface area (Å²) in [6.45, 7) is 6.85. The number of nitrogens with one attached hydrogen (secondary N) is 1. The van der Waals surface area contributed by atoms with Crippen molar-refractivity contribution in [3.05, 3.63) is 59.7 Å². The van der Waals surface area contributed by atoms with Gasteiger partial charge in [-0.15, -0.1) is 0 Å². The maximum absolute atomic E-state index is 13.2. The summed E-state index contributed by atoms with van der Waals surface area (Å²) in [5.41, 5.74) is 2.18. The highest BCUT2D eigenvalue weighted by atomic mass is 16.5. The van der Waals surface area contributed by atoms with Crippen molar-refractivity contribution in [1.82, 2.24) is 0 Å². The zero-order valence-corrected chi connectivity index (χ0v) is 17.0. The highest BCUT2D eigenvalue weighted by Crippen LogP contribution is 2.38. The van der Waals surface area contributed by atoms with E-state index < -0.39 is 0 Å². The minimum atomic E-state index is -0.244. The number of hydrogen-bond donors (Lipinski definition) is 1. The van der Waals surface area contributed by atoms with Gasteiger partial charge in [-0.05, 0) is 49.7 Å². The van der Waals surface area contributed by atoms with Crippen LogP contribution in [-0.2, 0) is 6.42 Å². The topological polar surface area (TPSA) is 56.8 Å². The molecule has 1 aliphatic heterocycles. The normalized spacial score (nSPS) is 14.9. The largest absolute Gasteiger partial charge is 0.493 e. The number of carbonyl (C=O) groups excluding carboxylic acids is 1. The molecular weight excluding hydrogens is 366 g/mol. The third-order valence-corrected chi connectivity index (χ3v) is 4.94. The molecule has 1 atom stereocenters. The number of anilines is 1. The summed E-state index contributed by atoms with van der Waals surface area (Å²) < 4.78 is 17.4. The molecule has 3 aromatic rings. The number of hydrogen-bond acceptors (Lipinski definition) is 4. The van der Waals surface area contributed by atoms with Crippen molar-refractivity contribution in [1.29, 1.82) is 0 Å². The molecule has 5 nitrogen and oxygen atoms in total. The van der Waals surface area contributed by atoms with Crippen molar-refractivity contribution < 1.29 is 19.0 Å². The molecule has 0 aromatic heterocycles. The van der Waals surface area contributed by atoms with Crippen molar-refractivity contribution in [3.63, 3.8) is 0 Å². The van der Waals surface area contributed by atoms with Crippen LogP contribution in [0.25, 0.3) is 10.8 Å². The molecule has 0 saturated carbocycles. The van der Waals surface area contributed by atoms with Crippen molar-refractivity contribution in [2.24, 2.45) is 0 Å². The van der Waals surface area contributed by atoms with E-state index in [4.69, 9.17) is 14.2 Å². The molecule has 4 rings (SSSR count). The van der Waals surface area contributed by atoms with E-state index in [0.29, 0.717) is 36.0 Å². The smallest absolute Gasteiger partial charge is 0.259 e. The van der Waals surface area contributed by atoms with Gasteiger partial charge in [0.25, 0.3) is 5.91 Å². The third-order valence-electron chi connectivity index (χ3n) is 4.94. The minimum Gasteiger partial charge on any atom is -0.493 e. The zero-order chi connectivity index (χ0) is 20.4. The Hall–Kier alpha value is -3.21. The third kappa shape index (κ3) is 3.86. The van der Waals surface area contributed by atoms with E-state index in [9.17, 15) is 4.79 Å². The van der Waals surface area contributed by atoms with Crippen LogP contribution >= 0.6 is 0 Å². The second-order valence-corrected chi connectivity index (χ2v) is 7.10. The van der Waals surface area contributed by atoms with Gasteiger partial charge in [0.2, 0.25) is 0 Å². The fourth-order valence-corrected chi connectivity index (χ4v) is 3.67. The summed E-state index contributed by atoms with van der Waals surface area (Å²) in [6, 6.07) is 15.5. The molecule has 1 N–H and O–H groups in total. The van der Waals surface area contributed by atoms with Crippen LogP contribution in [-0.4, -0.2) is 25.2 Å². The average molecular weight is 391 g/mol. The molecule has 1 heterocycles. The number of carbonyl (C=O) groups is 1.